The van der Waals surface area contributed by atoms with Crippen LogP contribution in [0.3, 0.4) is 0 Å². The zero-order chi connectivity index (χ0) is 22.5. The van der Waals surface area contributed by atoms with Gasteiger partial charge in [0.25, 0.3) is 0 Å². The van der Waals surface area contributed by atoms with Crippen molar-refractivity contribution in [2.75, 3.05) is 7.11 Å². The van der Waals surface area contributed by atoms with Crippen LogP contribution in [0, 0.1) is 6.92 Å². The molecule has 7 nitrogen and oxygen atoms in total. The summed E-state index contributed by atoms with van der Waals surface area (Å²) in [5.41, 5.74) is 4.43. The Morgan fingerprint density at radius 2 is 1.94 bits per heavy atom. The zero-order valence-electron chi connectivity index (χ0n) is 18.0. The molecular formula is C23H22Cl2N6O. The van der Waals surface area contributed by atoms with E-state index in [2.05, 4.69) is 27.3 Å². The number of hydrogen-bond donors (Lipinski definition) is 0. The van der Waals surface area contributed by atoms with Crippen molar-refractivity contribution >= 4 is 23.2 Å². The molecule has 2 aromatic carbocycles. The van der Waals surface area contributed by atoms with E-state index in [1.165, 1.54) is 0 Å². The van der Waals surface area contributed by atoms with Crippen molar-refractivity contribution in [2.24, 2.45) is 0 Å². The molecule has 164 valence electrons. The highest BCUT2D eigenvalue weighted by molar-refractivity contribution is 6.42. The molecule has 9 heteroatoms. The minimum absolute atomic E-state index is 0.352. The third-order valence-electron chi connectivity index (χ3n) is 6.16. The fourth-order valence-corrected chi connectivity index (χ4v) is 4.72. The van der Waals surface area contributed by atoms with Crippen molar-refractivity contribution in [2.45, 2.75) is 38.6 Å². The number of hydrogen-bond acceptors (Lipinski definition) is 5. The summed E-state index contributed by atoms with van der Waals surface area (Å²) in [6, 6.07) is 11.7. The summed E-state index contributed by atoms with van der Waals surface area (Å²) in [7, 11) is 1.65. The van der Waals surface area contributed by atoms with E-state index in [9.17, 15) is 0 Å². The van der Waals surface area contributed by atoms with E-state index in [1.54, 1.807) is 18.1 Å². The van der Waals surface area contributed by atoms with Crippen molar-refractivity contribution in [3.8, 4) is 22.7 Å². The van der Waals surface area contributed by atoms with Gasteiger partial charge in [0.2, 0.25) is 0 Å². The largest absolute Gasteiger partial charge is 0.494 e. The number of ether oxygens (including phenoxy) is 1. The normalized spacial score (nSPS) is 17.9. The van der Waals surface area contributed by atoms with Crippen molar-refractivity contribution in [3.63, 3.8) is 0 Å². The average molecular weight is 469 g/mol. The molecule has 0 amide bonds. The van der Waals surface area contributed by atoms with Gasteiger partial charge < -0.3 is 4.74 Å². The number of halogens is 2. The van der Waals surface area contributed by atoms with Gasteiger partial charge in [0.05, 0.1) is 28.4 Å². The first kappa shape index (κ1) is 21.0. The number of nitrogens with zero attached hydrogens (tertiary/aromatic N) is 6. The van der Waals surface area contributed by atoms with Gasteiger partial charge in [0, 0.05) is 5.56 Å². The molecule has 0 saturated heterocycles. The SMILES string of the molecule is COc1cc(-c2nnn3c2CCCC3(C)c2ccc(Cl)c(Cl)c2)ccc1-n1cnc(C)n1. The third kappa shape index (κ3) is 3.36. The van der Waals surface area contributed by atoms with Crippen LogP contribution in [0.1, 0.15) is 36.8 Å². The summed E-state index contributed by atoms with van der Waals surface area (Å²) in [5, 5.41) is 14.6. The van der Waals surface area contributed by atoms with Gasteiger partial charge in [-0.2, -0.15) is 5.10 Å². The van der Waals surface area contributed by atoms with Gasteiger partial charge in [-0.3, -0.25) is 0 Å². The van der Waals surface area contributed by atoms with E-state index >= 15 is 0 Å². The van der Waals surface area contributed by atoms with E-state index in [1.807, 2.05) is 48.0 Å². The molecule has 5 rings (SSSR count). The fraction of sp³-hybridized carbons (Fsp3) is 0.304. The molecule has 0 saturated carbocycles. The van der Waals surface area contributed by atoms with Gasteiger partial charge in [-0.05, 0) is 62.9 Å². The number of aryl methyl sites for hydroxylation is 1. The molecule has 1 unspecified atom stereocenters. The summed E-state index contributed by atoms with van der Waals surface area (Å²) in [5.74, 6) is 1.39. The molecule has 0 N–H and O–H groups in total. The summed E-state index contributed by atoms with van der Waals surface area (Å²) in [6.07, 6.45) is 4.53. The Morgan fingerprint density at radius 1 is 1.09 bits per heavy atom. The Bertz CT molecular complexity index is 1310. The molecular weight excluding hydrogens is 447 g/mol. The average Bonchev–Trinajstić information content (AvgIpc) is 3.42. The molecule has 32 heavy (non-hydrogen) atoms. The van der Waals surface area contributed by atoms with E-state index in [0.717, 1.165) is 47.5 Å². The minimum Gasteiger partial charge on any atom is -0.494 e. The molecule has 3 heterocycles. The Balaban J connectivity index is 1.58. The second kappa shape index (κ2) is 7.90. The highest BCUT2D eigenvalue weighted by Gasteiger charge is 2.37. The predicted octanol–water partition coefficient (Wildman–Crippen LogP) is 5.25. The van der Waals surface area contributed by atoms with Gasteiger partial charge in [-0.15, -0.1) is 5.10 Å². The Hall–Kier alpha value is -2.90. The van der Waals surface area contributed by atoms with Crippen LogP contribution < -0.4 is 4.74 Å². The lowest BCUT2D eigenvalue weighted by molar-refractivity contribution is 0.276. The molecule has 2 aromatic heterocycles. The van der Waals surface area contributed by atoms with Crippen molar-refractivity contribution in [1.82, 2.24) is 29.8 Å². The molecule has 0 aliphatic carbocycles. The highest BCUT2D eigenvalue weighted by atomic mass is 35.5. The first-order chi connectivity index (χ1) is 15.4. The summed E-state index contributed by atoms with van der Waals surface area (Å²) >= 11 is 12.5. The monoisotopic (exact) mass is 468 g/mol. The molecule has 0 bridgehead atoms. The second-order valence-corrected chi connectivity index (χ2v) is 8.99. The number of methoxy groups -OCH3 is 1. The zero-order valence-corrected chi connectivity index (χ0v) is 19.5. The van der Waals surface area contributed by atoms with Crippen molar-refractivity contribution in [3.05, 3.63) is 69.9 Å². The Morgan fingerprint density at radius 3 is 2.66 bits per heavy atom. The molecule has 1 aliphatic heterocycles. The van der Waals surface area contributed by atoms with Gasteiger partial charge in [0.15, 0.2) is 0 Å². The molecule has 0 radical (unpaired) electrons. The maximum atomic E-state index is 6.32. The summed E-state index contributed by atoms with van der Waals surface area (Å²) < 4.78 is 9.40. The maximum absolute atomic E-state index is 6.32. The number of fused-ring (bicyclic) bond motifs is 1. The maximum Gasteiger partial charge on any atom is 0.147 e. The van der Waals surface area contributed by atoms with Gasteiger partial charge in [-0.25, -0.2) is 14.3 Å². The molecule has 1 aliphatic rings. The van der Waals surface area contributed by atoms with E-state index in [0.29, 0.717) is 21.6 Å². The van der Waals surface area contributed by atoms with Crippen LogP contribution in [0.25, 0.3) is 16.9 Å². The summed E-state index contributed by atoms with van der Waals surface area (Å²) in [6.45, 7) is 4.02. The van der Waals surface area contributed by atoms with Crippen molar-refractivity contribution < 1.29 is 4.74 Å². The van der Waals surface area contributed by atoms with E-state index in [-0.39, 0.29) is 5.54 Å². The molecule has 0 fully saturated rings. The van der Waals surface area contributed by atoms with Crippen LogP contribution in [0.5, 0.6) is 5.75 Å². The lowest BCUT2D eigenvalue weighted by Gasteiger charge is -2.35. The Labute approximate surface area is 195 Å². The lowest BCUT2D eigenvalue weighted by atomic mass is 9.83. The topological polar surface area (TPSA) is 70.7 Å². The smallest absolute Gasteiger partial charge is 0.147 e. The molecule has 0 spiro atoms. The lowest BCUT2D eigenvalue weighted by Crippen LogP contribution is -2.37. The van der Waals surface area contributed by atoms with Crippen LogP contribution >= 0.6 is 23.2 Å². The standard InChI is InChI=1S/C23H22Cl2N6O/c1-14-26-13-30(28-14)19-9-6-15(11-21(19)32-3)22-20-5-4-10-23(2,31(20)29-27-22)16-7-8-17(24)18(25)12-16/h6-9,11-13H,4-5,10H2,1-3H3. The number of benzene rings is 2. The predicted molar refractivity (Wildman–Crippen MR) is 124 cm³/mol. The van der Waals surface area contributed by atoms with Gasteiger partial charge in [-0.1, -0.05) is 40.5 Å². The fourth-order valence-electron chi connectivity index (χ4n) is 4.43. The first-order valence-corrected chi connectivity index (χ1v) is 11.1. The van der Waals surface area contributed by atoms with Crippen LogP contribution in [-0.2, 0) is 12.0 Å². The van der Waals surface area contributed by atoms with Crippen LogP contribution in [-0.4, -0.2) is 36.9 Å². The highest BCUT2D eigenvalue weighted by Crippen LogP contribution is 2.41. The van der Waals surface area contributed by atoms with Gasteiger partial charge in [0.1, 0.15) is 29.3 Å². The molecule has 1 atom stereocenters. The van der Waals surface area contributed by atoms with Crippen LogP contribution in [0.2, 0.25) is 10.0 Å². The van der Waals surface area contributed by atoms with Crippen LogP contribution in [0.15, 0.2) is 42.7 Å². The number of aromatic nitrogens is 6. The third-order valence-corrected chi connectivity index (χ3v) is 6.89. The first-order valence-electron chi connectivity index (χ1n) is 10.4. The quantitative estimate of drug-likeness (QED) is 0.408. The number of rotatable bonds is 4. The van der Waals surface area contributed by atoms with E-state index < -0.39 is 0 Å². The van der Waals surface area contributed by atoms with E-state index in [4.69, 9.17) is 27.9 Å². The summed E-state index contributed by atoms with van der Waals surface area (Å²) in [4.78, 5) is 4.21. The molecule has 4 aromatic rings. The minimum atomic E-state index is -0.352. The van der Waals surface area contributed by atoms with Crippen molar-refractivity contribution in [1.29, 1.82) is 0 Å². The van der Waals surface area contributed by atoms with Gasteiger partial charge >= 0.3 is 0 Å². The Kier molecular flexibility index (Phi) is 5.18. The second-order valence-electron chi connectivity index (χ2n) is 8.18. The van der Waals surface area contributed by atoms with Crippen LogP contribution in [0.4, 0.5) is 0 Å².